The van der Waals surface area contributed by atoms with Crippen molar-refractivity contribution in [1.82, 2.24) is 10.6 Å². The highest BCUT2D eigenvalue weighted by atomic mass is 32.1. The van der Waals surface area contributed by atoms with Gasteiger partial charge in [0.15, 0.2) is 5.11 Å². The van der Waals surface area contributed by atoms with Gasteiger partial charge in [-0.25, -0.2) is 9.71 Å². The van der Waals surface area contributed by atoms with Gasteiger partial charge in [0.25, 0.3) is 0 Å². The molecule has 1 aromatic carbocycles. The number of hydrogen-bond acceptors (Lipinski definition) is 1. The van der Waals surface area contributed by atoms with Crippen molar-refractivity contribution in [3.63, 3.8) is 0 Å². The number of halogens is 1. The minimum Gasteiger partial charge on any atom is -0.336 e. The minimum atomic E-state index is -0.207. The molecular formula is C10H8FN2S. The van der Waals surface area contributed by atoms with Crippen LogP contribution in [0.25, 0.3) is 0 Å². The first-order chi connectivity index (χ1) is 6.75. The highest BCUT2D eigenvalue weighted by Crippen LogP contribution is 2.12. The molecule has 1 aliphatic rings. The molecule has 0 bridgehead atoms. The van der Waals surface area contributed by atoms with Gasteiger partial charge in [0, 0.05) is 12.6 Å². The van der Waals surface area contributed by atoms with Crippen LogP contribution in [0.15, 0.2) is 36.2 Å². The number of benzene rings is 1. The molecule has 0 spiro atoms. The number of nitrogens with one attached hydrogen (secondary N) is 1. The molecule has 2 rings (SSSR count). The van der Waals surface area contributed by atoms with Crippen LogP contribution < -0.4 is 10.6 Å². The average Bonchev–Trinajstić information content (AvgIpc) is 2.56. The topological polar surface area (TPSA) is 26.1 Å². The first-order valence-corrected chi connectivity index (χ1v) is 4.61. The predicted octanol–water partition coefficient (Wildman–Crippen LogP) is 1.70. The number of rotatable bonds is 2. The molecule has 0 atom stereocenters. The van der Waals surface area contributed by atoms with E-state index in [4.69, 9.17) is 12.2 Å². The van der Waals surface area contributed by atoms with Crippen molar-refractivity contribution in [2.75, 3.05) is 0 Å². The molecule has 0 saturated carbocycles. The van der Waals surface area contributed by atoms with Crippen LogP contribution in [0, 0.1) is 5.82 Å². The van der Waals surface area contributed by atoms with Crippen molar-refractivity contribution in [3.05, 3.63) is 47.5 Å². The zero-order chi connectivity index (χ0) is 9.97. The number of thiocarbonyl (C=S) groups is 1. The van der Waals surface area contributed by atoms with Crippen molar-refractivity contribution >= 4 is 17.3 Å². The second kappa shape index (κ2) is 3.75. The SMILES string of the molecule is Fc1ccccc1CC1=CNC(=S)[N]1. The van der Waals surface area contributed by atoms with Crippen LogP contribution in [0.1, 0.15) is 5.56 Å². The van der Waals surface area contributed by atoms with Crippen molar-refractivity contribution in [1.29, 1.82) is 0 Å². The fourth-order valence-corrected chi connectivity index (χ4v) is 1.44. The standard InChI is InChI=1S/C10H8FN2S/c11-9-4-2-1-3-7(9)5-8-6-12-10(14)13-8/h1-4,6H,5H2,(H,12,14). The number of nitrogens with zero attached hydrogens (tertiary/aromatic N) is 1. The first kappa shape index (κ1) is 9.15. The van der Waals surface area contributed by atoms with Crippen LogP contribution in [0.2, 0.25) is 0 Å². The van der Waals surface area contributed by atoms with E-state index in [2.05, 4.69) is 10.6 Å². The molecule has 1 heterocycles. The Hall–Kier alpha value is -1.42. The van der Waals surface area contributed by atoms with Gasteiger partial charge >= 0.3 is 0 Å². The van der Waals surface area contributed by atoms with Crippen LogP contribution in [-0.2, 0) is 6.42 Å². The summed E-state index contributed by atoms with van der Waals surface area (Å²) in [7, 11) is 0. The third kappa shape index (κ3) is 1.90. The van der Waals surface area contributed by atoms with E-state index in [0.29, 0.717) is 17.1 Å². The molecule has 0 saturated heterocycles. The Morgan fingerprint density at radius 3 is 2.79 bits per heavy atom. The molecule has 1 N–H and O–H groups in total. The molecule has 0 fully saturated rings. The molecule has 2 nitrogen and oxygen atoms in total. The lowest BCUT2D eigenvalue weighted by atomic mass is 10.1. The fourth-order valence-electron chi connectivity index (χ4n) is 1.27. The van der Waals surface area contributed by atoms with Gasteiger partial charge in [0.1, 0.15) is 5.82 Å². The van der Waals surface area contributed by atoms with Gasteiger partial charge in [-0.1, -0.05) is 18.2 Å². The summed E-state index contributed by atoms with van der Waals surface area (Å²) in [5.74, 6) is -0.207. The van der Waals surface area contributed by atoms with Crippen molar-refractivity contribution < 1.29 is 4.39 Å². The Bertz CT molecular complexity index is 401. The quantitative estimate of drug-likeness (QED) is 0.747. The van der Waals surface area contributed by atoms with E-state index in [1.807, 2.05) is 0 Å². The third-order valence-electron chi connectivity index (χ3n) is 1.94. The van der Waals surface area contributed by atoms with Crippen molar-refractivity contribution in [2.24, 2.45) is 0 Å². The Morgan fingerprint density at radius 1 is 1.36 bits per heavy atom. The molecule has 1 radical (unpaired) electrons. The lowest BCUT2D eigenvalue weighted by Crippen LogP contribution is -2.16. The second-order valence-corrected chi connectivity index (χ2v) is 3.35. The maximum atomic E-state index is 13.2. The van der Waals surface area contributed by atoms with Gasteiger partial charge in [-0.2, -0.15) is 0 Å². The Morgan fingerprint density at radius 2 is 2.14 bits per heavy atom. The normalized spacial score (nSPS) is 14.6. The summed E-state index contributed by atoms with van der Waals surface area (Å²) < 4.78 is 13.2. The maximum absolute atomic E-state index is 13.2. The molecule has 0 amide bonds. The van der Waals surface area contributed by atoms with Crippen LogP contribution in [0.3, 0.4) is 0 Å². The van der Waals surface area contributed by atoms with E-state index in [1.54, 1.807) is 24.4 Å². The molecule has 0 aromatic heterocycles. The summed E-state index contributed by atoms with van der Waals surface area (Å²) in [5, 5.41) is 7.27. The van der Waals surface area contributed by atoms with Gasteiger partial charge in [-0.3, -0.25) is 0 Å². The second-order valence-electron chi connectivity index (χ2n) is 2.97. The monoisotopic (exact) mass is 207 g/mol. The van der Waals surface area contributed by atoms with E-state index in [1.165, 1.54) is 6.07 Å². The third-order valence-corrected chi connectivity index (χ3v) is 2.15. The van der Waals surface area contributed by atoms with Gasteiger partial charge in [-0.05, 0) is 23.8 Å². The van der Waals surface area contributed by atoms with Gasteiger partial charge in [0.05, 0.1) is 5.70 Å². The fraction of sp³-hybridized carbons (Fsp3) is 0.100. The summed E-state index contributed by atoms with van der Waals surface area (Å²) in [6, 6.07) is 6.66. The first-order valence-electron chi connectivity index (χ1n) is 4.20. The Labute approximate surface area is 86.8 Å². The lowest BCUT2D eigenvalue weighted by Gasteiger charge is -2.01. The molecule has 1 aliphatic heterocycles. The molecule has 14 heavy (non-hydrogen) atoms. The number of allylic oxidation sites excluding steroid dienone is 1. The van der Waals surface area contributed by atoms with Crippen LogP contribution in [0.5, 0.6) is 0 Å². The van der Waals surface area contributed by atoms with Gasteiger partial charge in [0.2, 0.25) is 0 Å². The van der Waals surface area contributed by atoms with Crippen LogP contribution in [-0.4, -0.2) is 5.11 Å². The Balaban J connectivity index is 2.12. The lowest BCUT2D eigenvalue weighted by molar-refractivity contribution is 0.612. The van der Waals surface area contributed by atoms with E-state index in [0.717, 1.165) is 5.70 Å². The molecule has 0 unspecified atom stereocenters. The van der Waals surface area contributed by atoms with E-state index in [9.17, 15) is 4.39 Å². The molecule has 71 valence electrons. The summed E-state index contributed by atoms with van der Waals surface area (Å²) in [6.45, 7) is 0. The zero-order valence-electron chi connectivity index (χ0n) is 7.33. The molecular weight excluding hydrogens is 199 g/mol. The summed E-state index contributed by atoms with van der Waals surface area (Å²) in [4.78, 5) is 0. The summed E-state index contributed by atoms with van der Waals surface area (Å²) >= 11 is 4.82. The van der Waals surface area contributed by atoms with Crippen molar-refractivity contribution in [2.45, 2.75) is 6.42 Å². The molecule has 1 aromatic rings. The van der Waals surface area contributed by atoms with Gasteiger partial charge in [-0.15, -0.1) is 0 Å². The summed E-state index contributed by atoms with van der Waals surface area (Å²) in [6.07, 6.45) is 2.18. The van der Waals surface area contributed by atoms with E-state index < -0.39 is 0 Å². The average molecular weight is 207 g/mol. The number of hydrogen-bond donors (Lipinski definition) is 1. The highest BCUT2D eigenvalue weighted by molar-refractivity contribution is 7.80. The van der Waals surface area contributed by atoms with E-state index in [-0.39, 0.29) is 5.82 Å². The van der Waals surface area contributed by atoms with E-state index >= 15 is 0 Å². The largest absolute Gasteiger partial charge is 0.336 e. The maximum Gasteiger partial charge on any atom is 0.197 e. The minimum absolute atomic E-state index is 0.207. The summed E-state index contributed by atoms with van der Waals surface area (Å²) in [5.41, 5.74) is 1.40. The van der Waals surface area contributed by atoms with Crippen LogP contribution in [0.4, 0.5) is 4.39 Å². The smallest absolute Gasteiger partial charge is 0.197 e. The molecule has 4 heteroatoms. The van der Waals surface area contributed by atoms with Gasteiger partial charge < -0.3 is 5.32 Å². The highest BCUT2D eigenvalue weighted by Gasteiger charge is 2.12. The predicted molar refractivity (Wildman–Crippen MR) is 56.1 cm³/mol. The van der Waals surface area contributed by atoms with Crippen LogP contribution >= 0.6 is 12.2 Å². The van der Waals surface area contributed by atoms with Crippen molar-refractivity contribution in [3.8, 4) is 0 Å². The molecule has 0 aliphatic carbocycles. The Kier molecular flexibility index (Phi) is 2.45. The zero-order valence-corrected chi connectivity index (χ0v) is 8.14.